The Labute approximate surface area is 203 Å². The number of alkyl carbamates (subject to hydrolysis) is 1. The molecule has 1 aliphatic carbocycles. The second-order valence-electron chi connectivity index (χ2n) is 10.4. The van der Waals surface area contributed by atoms with Crippen molar-refractivity contribution in [2.45, 2.75) is 97.4 Å². The zero-order valence-electron chi connectivity index (χ0n) is 21.0. The van der Waals surface area contributed by atoms with Gasteiger partial charge in [0.1, 0.15) is 0 Å². The maximum atomic E-state index is 12.2. The molecule has 34 heavy (non-hydrogen) atoms. The molecule has 1 rings (SSSR count). The van der Waals surface area contributed by atoms with E-state index in [-0.39, 0.29) is 36.5 Å². The second kappa shape index (κ2) is 15.9. The van der Waals surface area contributed by atoms with Gasteiger partial charge in [-0.05, 0) is 55.8 Å². The molecular formula is C24H44N2O8. The fourth-order valence-corrected chi connectivity index (χ4v) is 4.82. The summed E-state index contributed by atoms with van der Waals surface area (Å²) in [5, 5.41) is 23.1. The van der Waals surface area contributed by atoms with Gasteiger partial charge in [-0.25, -0.2) is 9.59 Å². The van der Waals surface area contributed by atoms with Crippen molar-refractivity contribution in [1.29, 1.82) is 0 Å². The van der Waals surface area contributed by atoms with E-state index in [2.05, 4.69) is 24.5 Å². The van der Waals surface area contributed by atoms with E-state index in [9.17, 15) is 14.4 Å². The number of rotatable bonds is 15. The summed E-state index contributed by atoms with van der Waals surface area (Å²) in [6.45, 7) is 7.17. The van der Waals surface area contributed by atoms with Crippen molar-refractivity contribution in [2.75, 3.05) is 26.4 Å². The maximum Gasteiger partial charge on any atom is 0.438 e. The third-order valence-corrected chi connectivity index (χ3v) is 5.94. The number of hydrogen-bond donors (Lipinski definition) is 4. The van der Waals surface area contributed by atoms with Gasteiger partial charge in [0.05, 0.1) is 6.61 Å². The van der Waals surface area contributed by atoms with Crippen molar-refractivity contribution >= 4 is 18.2 Å². The minimum Gasteiger partial charge on any atom is -0.396 e. The molecule has 0 saturated heterocycles. The first-order valence-corrected chi connectivity index (χ1v) is 12.4. The molecule has 4 N–H and O–H groups in total. The first kappa shape index (κ1) is 30.1. The van der Waals surface area contributed by atoms with E-state index >= 15 is 0 Å². The lowest BCUT2D eigenvalue weighted by Gasteiger charge is -2.46. The summed E-state index contributed by atoms with van der Waals surface area (Å²) in [6, 6.07) is -0.198. The van der Waals surface area contributed by atoms with Crippen LogP contribution in [0.5, 0.6) is 0 Å². The summed E-state index contributed by atoms with van der Waals surface area (Å²) in [4.78, 5) is 45.8. The molecule has 1 aliphatic rings. The third-order valence-electron chi connectivity index (χ3n) is 5.94. The zero-order valence-corrected chi connectivity index (χ0v) is 21.0. The number of aliphatic hydroxyl groups is 2. The summed E-state index contributed by atoms with van der Waals surface area (Å²) in [5.74, 6) is -0.578. The quantitative estimate of drug-likeness (QED) is 0.0900. The predicted octanol–water partition coefficient (Wildman–Crippen LogP) is 3.59. The van der Waals surface area contributed by atoms with Crippen LogP contribution in [0, 0.1) is 10.8 Å². The highest BCUT2D eigenvalue weighted by atomic mass is 17.2. The Morgan fingerprint density at radius 2 is 1.53 bits per heavy atom. The Morgan fingerprint density at radius 1 is 0.882 bits per heavy atom. The van der Waals surface area contributed by atoms with Crippen molar-refractivity contribution in [3.63, 3.8) is 0 Å². The zero-order chi connectivity index (χ0) is 25.5. The van der Waals surface area contributed by atoms with E-state index in [1.54, 1.807) is 0 Å². The number of amides is 2. The van der Waals surface area contributed by atoms with Crippen LogP contribution in [0.4, 0.5) is 9.59 Å². The van der Waals surface area contributed by atoms with Crippen LogP contribution in [0.25, 0.3) is 0 Å². The number of hydrogen-bond acceptors (Lipinski definition) is 8. The van der Waals surface area contributed by atoms with E-state index < -0.39 is 18.2 Å². The van der Waals surface area contributed by atoms with Crippen LogP contribution >= 0.6 is 0 Å². The summed E-state index contributed by atoms with van der Waals surface area (Å²) in [6.07, 6.45) is 6.09. The minimum atomic E-state index is -0.753. The third kappa shape index (κ3) is 13.7. The molecule has 0 aromatic heterocycles. The molecule has 2 atom stereocenters. The molecule has 2 unspecified atom stereocenters. The molecule has 1 saturated carbocycles. The van der Waals surface area contributed by atoms with E-state index in [0.717, 1.165) is 38.5 Å². The van der Waals surface area contributed by atoms with Crippen molar-refractivity contribution in [3.05, 3.63) is 0 Å². The Hall–Kier alpha value is -1.91. The Kier molecular flexibility index (Phi) is 14.1. The van der Waals surface area contributed by atoms with Gasteiger partial charge >= 0.3 is 18.2 Å². The van der Waals surface area contributed by atoms with Crippen molar-refractivity contribution < 1.29 is 39.1 Å². The first-order valence-electron chi connectivity index (χ1n) is 12.4. The number of unbranched alkanes of at least 4 members (excludes halogenated alkanes) is 5. The molecule has 10 heteroatoms. The molecule has 10 nitrogen and oxygen atoms in total. The molecule has 0 aromatic rings. The van der Waals surface area contributed by atoms with Crippen molar-refractivity contribution in [1.82, 2.24) is 10.6 Å². The SMILES string of the molecule is CC1(C)CC(NC(=O)OC(=O)CCCCCO)CC(C)(CNC(=O)OOCCCCCCO)C1. The van der Waals surface area contributed by atoms with Crippen LogP contribution in [-0.4, -0.2) is 60.8 Å². The number of nitrogens with one attached hydrogen (secondary N) is 2. The topological polar surface area (TPSA) is 143 Å². The molecule has 1 fully saturated rings. The number of carbonyl (C=O) groups is 3. The maximum absolute atomic E-state index is 12.2. The van der Waals surface area contributed by atoms with Crippen LogP contribution in [0.3, 0.4) is 0 Å². The number of ether oxygens (including phenoxy) is 1. The highest BCUT2D eigenvalue weighted by Gasteiger charge is 2.42. The van der Waals surface area contributed by atoms with Crippen molar-refractivity contribution in [3.8, 4) is 0 Å². The van der Waals surface area contributed by atoms with Gasteiger partial charge in [0.15, 0.2) is 0 Å². The van der Waals surface area contributed by atoms with Gasteiger partial charge in [0.2, 0.25) is 0 Å². The lowest BCUT2D eigenvalue weighted by Crippen LogP contribution is -2.50. The average molecular weight is 489 g/mol. The molecule has 0 aliphatic heterocycles. The fourth-order valence-electron chi connectivity index (χ4n) is 4.82. The monoisotopic (exact) mass is 488 g/mol. The second-order valence-corrected chi connectivity index (χ2v) is 10.4. The summed E-state index contributed by atoms with van der Waals surface area (Å²) < 4.78 is 4.88. The molecule has 2 amide bonds. The van der Waals surface area contributed by atoms with Gasteiger partial charge in [-0.15, -0.1) is 0 Å². The van der Waals surface area contributed by atoms with E-state index in [0.29, 0.717) is 38.8 Å². The predicted molar refractivity (Wildman–Crippen MR) is 126 cm³/mol. The molecule has 198 valence electrons. The average Bonchev–Trinajstić information content (AvgIpc) is 2.73. The molecule has 0 aromatic carbocycles. The van der Waals surface area contributed by atoms with Crippen LogP contribution in [0.1, 0.15) is 91.4 Å². The summed E-state index contributed by atoms with van der Waals surface area (Å²) >= 11 is 0. The molecular weight excluding hydrogens is 444 g/mol. The van der Waals surface area contributed by atoms with E-state index in [1.165, 1.54) is 0 Å². The molecule has 0 radical (unpaired) electrons. The summed E-state index contributed by atoms with van der Waals surface area (Å²) in [5.41, 5.74) is -0.382. The lowest BCUT2D eigenvalue weighted by molar-refractivity contribution is -0.239. The van der Waals surface area contributed by atoms with Gasteiger partial charge in [-0.1, -0.05) is 40.0 Å². The summed E-state index contributed by atoms with van der Waals surface area (Å²) in [7, 11) is 0. The van der Waals surface area contributed by atoms with Gasteiger partial charge in [0.25, 0.3) is 0 Å². The Morgan fingerprint density at radius 3 is 2.21 bits per heavy atom. The lowest BCUT2D eigenvalue weighted by atomic mass is 9.62. The Bertz CT molecular complexity index is 628. The highest BCUT2D eigenvalue weighted by Crippen LogP contribution is 2.45. The Balaban J connectivity index is 2.41. The molecule has 0 spiro atoms. The smallest absolute Gasteiger partial charge is 0.396 e. The van der Waals surface area contributed by atoms with Gasteiger partial charge in [0, 0.05) is 32.2 Å². The van der Waals surface area contributed by atoms with Crippen LogP contribution in [0.2, 0.25) is 0 Å². The highest BCUT2D eigenvalue weighted by molar-refractivity contribution is 5.84. The first-order chi connectivity index (χ1) is 16.1. The number of esters is 1. The van der Waals surface area contributed by atoms with Crippen LogP contribution in [-0.2, 0) is 19.3 Å². The van der Waals surface area contributed by atoms with E-state index in [1.807, 2.05) is 6.92 Å². The number of aliphatic hydroxyl groups excluding tert-OH is 2. The van der Waals surface area contributed by atoms with Gasteiger partial charge in [-0.2, -0.15) is 4.89 Å². The van der Waals surface area contributed by atoms with Crippen LogP contribution < -0.4 is 10.6 Å². The van der Waals surface area contributed by atoms with Gasteiger partial charge < -0.3 is 25.6 Å². The van der Waals surface area contributed by atoms with Gasteiger partial charge in [-0.3, -0.25) is 9.68 Å². The largest absolute Gasteiger partial charge is 0.438 e. The standard InChI is InChI=1S/C24H44N2O8/c1-23(2)15-19(26-22(31)33-20(29)11-7-6-9-13-28)16-24(3,17-23)18-25-21(30)34-32-14-10-5-4-8-12-27/h19,27-28H,4-18H2,1-3H3,(H,25,30)(H,26,31). The van der Waals surface area contributed by atoms with Crippen molar-refractivity contribution in [2.24, 2.45) is 10.8 Å². The fraction of sp³-hybridized carbons (Fsp3) is 0.875. The van der Waals surface area contributed by atoms with Crippen LogP contribution in [0.15, 0.2) is 0 Å². The molecule has 0 heterocycles. The minimum absolute atomic E-state index is 0.0808. The van der Waals surface area contributed by atoms with E-state index in [4.69, 9.17) is 24.7 Å². The molecule has 0 bridgehead atoms. The number of carbonyl (C=O) groups excluding carboxylic acids is 3. The normalized spacial score (nSPS) is 21.5.